The number of carbonyl (C=O) groups is 1. The van der Waals surface area contributed by atoms with E-state index in [4.69, 9.17) is 0 Å². The van der Waals surface area contributed by atoms with Crippen molar-refractivity contribution in [1.82, 2.24) is 14.7 Å². The first kappa shape index (κ1) is 19.0. The van der Waals surface area contributed by atoms with E-state index in [2.05, 4.69) is 20.0 Å². The lowest BCUT2D eigenvalue weighted by molar-refractivity contribution is 0.102. The van der Waals surface area contributed by atoms with Gasteiger partial charge in [0.05, 0.1) is 23.0 Å². The van der Waals surface area contributed by atoms with Gasteiger partial charge in [-0.15, -0.1) is 0 Å². The van der Waals surface area contributed by atoms with Gasteiger partial charge in [0.1, 0.15) is 5.75 Å². The van der Waals surface area contributed by atoms with Crippen LogP contribution < -0.4 is 10.0 Å². The van der Waals surface area contributed by atoms with E-state index in [1.165, 1.54) is 36.7 Å². The van der Waals surface area contributed by atoms with Crippen LogP contribution in [0, 0.1) is 0 Å². The lowest BCUT2D eigenvalue weighted by atomic mass is 10.2. The lowest BCUT2D eigenvalue weighted by Crippen LogP contribution is -2.25. The van der Waals surface area contributed by atoms with Crippen molar-refractivity contribution in [3.63, 3.8) is 0 Å². The van der Waals surface area contributed by atoms with E-state index < -0.39 is 15.9 Å². The molecule has 9 heteroatoms. The quantitative estimate of drug-likeness (QED) is 0.574. The molecule has 1 aliphatic rings. The summed E-state index contributed by atoms with van der Waals surface area (Å²) in [5.74, 6) is 0.121. The van der Waals surface area contributed by atoms with Gasteiger partial charge in [0.2, 0.25) is 10.0 Å². The Morgan fingerprint density at radius 1 is 1.03 bits per heavy atom. The van der Waals surface area contributed by atoms with Crippen LogP contribution in [0.25, 0.3) is 11.4 Å². The molecule has 4 rings (SSSR count). The normalized spacial score (nSPS) is 13.8. The highest BCUT2D eigenvalue weighted by atomic mass is 32.2. The maximum atomic E-state index is 12.4. The molecular formula is C20H18N4O4S. The summed E-state index contributed by atoms with van der Waals surface area (Å²) in [5.41, 5.74) is 1.36. The number of hydrogen-bond donors (Lipinski definition) is 3. The van der Waals surface area contributed by atoms with Gasteiger partial charge in [-0.3, -0.25) is 4.79 Å². The predicted molar refractivity (Wildman–Crippen MR) is 107 cm³/mol. The predicted octanol–water partition coefficient (Wildman–Crippen LogP) is 2.54. The highest BCUT2D eigenvalue weighted by molar-refractivity contribution is 7.89. The van der Waals surface area contributed by atoms with Gasteiger partial charge in [-0.2, -0.15) is 0 Å². The average Bonchev–Trinajstić information content (AvgIpc) is 3.52. The molecule has 1 heterocycles. The molecule has 1 aromatic heterocycles. The van der Waals surface area contributed by atoms with Crippen LogP contribution in [0.3, 0.4) is 0 Å². The van der Waals surface area contributed by atoms with Crippen molar-refractivity contribution in [1.29, 1.82) is 0 Å². The van der Waals surface area contributed by atoms with E-state index in [0.717, 1.165) is 12.8 Å². The fourth-order valence-corrected chi connectivity index (χ4v) is 3.97. The number of nitrogens with one attached hydrogen (secondary N) is 2. The van der Waals surface area contributed by atoms with Crippen LogP contribution in [0.2, 0.25) is 0 Å². The van der Waals surface area contributed by atoms with Crippen molar-refractivity contribution >= 4 is 21.6 Å². The van der Waals surface area contributed by atoms with Crippen molar-refractivity contribution in [2.75, 3.05) is 5.32 Å². The van der Waals surface area contributed by atoms with Crippen molar-refractivity contribution in [3.8, 4) is 17.1 Å². The number of carbonyl (C=O) groups excluding carboxylic acids is 1. The first-order valence-corrected chi connectivity index (χ1v) is 10.4. The first-order valence-electron chi connectivity index (χ1n) is 8.96. The SMILES string of the molecule is O=C(Nc1cnc(-c2cccc(O)c2)nc1)c1ccc(S(=O)(=O)NC2CC2)cc1. The Morgan fingerprint density at radius 3 is 2.34 bits per heavy atom. The minimum absolute atomic E-state index is 0.0193. The molecule has 29 heavy (non-hydrogen) atoms. The number of nitrogens with zero attached hydrogens (tertiary/aromatic N) is 2. The fraction of sp³-hybridized carbons (Fsp3) is 0.150. The number of phenolic OH excluding ortho intramolecular Hbond substituents is 1. The summed E-state index contributed by atoms with van der Waals surface area (Å²) in [6.07, 6.45) is 4.63. The highest BCUT2D eigenvalue weighted by Gasteiger charge is 2.27. The lowest BCUT2D eigenvalue weighted by Gasteiger charge is -2.08. The summed E-state index contributed by atoms with van der Waals surface area (Å²) in [7, 11) is -3.55. The maximum absolute atomic E-state index is 12.4. The number of rotatable bonds is 6. The monoisotopic (exact) mass is 410 g/mol. The Labute approximate surface area is 167 Å². The Hall–Kier alpha value is -3.30. The largest absolute Gasteiger partial charge is 0.508 e. The van der Waals surface area contributed by atoms with E-state index in [1.54, 1.807) is 24.3 Å². The van der Waals surface area contributed by atoms with Crippen molar-refractivity contribution in [3.05, 3.63) is 66.5 Å². The molecular weight excluding hydrogens is 392 g/mol. The average molecular weight is 410 g/mol. The summed E-state index contributed by atoms with van der Waals surface area (Å²) in [6, 6.07) is 12.3. The standard InChI is InChI=1S/C20H18N4O4S/c25-17-3-1-2-14(10-17)19-21-11-16(12-22-19)23-20(26)13-4-8-18(9-5-13)29(27,28)24-15-6-7-15/h1-5,8-12,15,24-25H,6-7H2,(H,23,26). The van der Waals surface area contributed by atoms with Crippen LogP contribution in [0.4, 0.5) is 5.69 Å². The second kappa shape index (κ2) is 7.61. The molecule has 1 saturated carbocycles. The Bertz CT molecular complexity index is 1140. The van der Waals surface area contributed by atoms with Crippen molar-refractivity contribution in [2.24, 2.45) is 0 Å². The van der Waals surface area contributed by atoms with Gasteiger partial charge in [0.25, 0.3) is 5.91 Å². The molecule has 148 valence electrons. The highest BCUT2D eigenvalue weighted by Crippen LogP contribution is 2.23. The van der Waals surface area contributed by atoms with Gasteiger partial charge in [-0.1, -0.05) is 12.1 Å². The zero-order chi connectivity index (χ0) is 20.4. The summed E-state index contributed by atoms with van der Waals surface area (Å²) < 4.78 is 27.0. The third-order valence-electron chi connectivity index (χ3n) is 4.34. The smallest absolute Gasteiger partial charge is 0.255 e. The Morgan fingerprint density at radius 2 is 1.72 bits per heavy atom. The second-order valence-electron chi connectivity index (χ2n) is 6.72. The molecule has 0 atom stereocenters. The zero-order valence-corrected chi connectivity index (χ0v) is 16.1. The number of sulfonamides is 1. The van der Waals surface area contributed by atoms with Gasteiger partial charge in [0.15, 0.2) is 5.82 Å². The van der Waals surface area contributed by atoms with Crippen molar-refractivity contribution < 1.29 is 18.3 Å². The molecule has 0 spiro atoms. The second-order valence-corrected chi connectivity index (χ2v) is 8.43. The van der Waals surface area contributed by atoms with E-state index >= 15 is 0 Å². The number of benzene rings is 2. The number of anilines is 1. The third-order valence-corrected chi connectivity index (χ3v) is 5.88. The number of amides is 1. The van der Waals surface area contributed by atoms with Gasteiger partial charge in [-0.25, -0.2) is 23.1 Å². The summed E-state index contributed by atoms with van der Waals surface area (Å²) in [4.78, 5) is 20.9. The van der Waals surface area contributed by atoms with Crippen LogP contribution in [-0.2, 0) is 10.0 Å². The van der Waals surface area contributed by atoms with Crippen LogP contribution in [0.1, 0.15) is 23.2 Å². The van der Waals surface area contributed by atoms with Gasteiger partial charge in [-0.05, 0) is 49.2 Å². The van der Waals surface area contributed by atoms with Crippen LogP contribution in [0.15, 0.2) is 65.8 Å². The minimum Gasteiger partial charge on any atom is -0.508 e. The third kappa shape index (κ3) is 4.58. The number of hydrogen-bond acceptors (Lipinski definition) is 6. The molecule has 0 radical (unpaired) electrons. The van der Waals surface area contributed by atoms with Crippen LogP contribution >= 0.6 is 0 Å². The van der Waals surface area contributed by atoms with Crippen molar-refractivity contribution in [2.45, 2.75) is 23.8 Å². The summed E-state index contributed by atoms with van der Waals surface area (Å²) in [6.45, 7) is 0. The molecule has 3 N–H and O–H groups in total. The molecule has 0 aliphatic heterocycles. The molecule has 0 bridgehead atoms. The Balaban J connectivity index is 1.43. The Kier molecular flexibility index (Phi) is 4.99. The molecule has 8 nitrogen and oxygen atoms in total. The number of aromatic hydroxyl groups is 1. The van der Waals surface area contributed by atoms with Crippen LogP contribution in [0.5, 0.6) is 5.75 Å². The summed E-state index contributed by atoms with van der Waals surface area (Å²) >= 11 is 0. The van der Waals surface area contributed by atoms with E-state index in [-0.39, 0.29) is 16.7 Å². The van der Waals surface area contributed by atoms with E-state index in [0.29, 0.717) is 22.6 Å². The molecule has 2 aromatic carbocycles. The van der Waals surface area contributed by atoms with E-state index in [9.17, 15) is 18.3 Å². The number of aromatic nitrogens is 2. The van der Waals surface area contributed by atoms with Gasteiger partial charge < -0.3 is 10.4 Å². The van der Waals surface area contributed by atoms with E-state index in [1.807, 2.05) is 0 Å². The summed E-state index contributed by atoms with van der Waals surface area (Å²) in [5, 5.41) is 12.2. The first-order chi connectivity index (χ1) is 13.9. The minimum atomic E-state index is -3.55. The molecule has 1 amide bonds. The maximum Gasteiger partial charge on any atom is 0.255 e. The molecule has 3 aromatic rings. The molecule has 1 fully saturated rings. The number of phenols is 1. The topological polar surface area (TPSA) is 121 Å². The van der Waals surface area contributed by atoms with Crippen LogP contribution in [-0.4, -0.2) is 35.4 Å². The molecule has 0 saturated heterocycles. The zero-order valence-electron chi connectivity index (χ0n) is 15.2. The van der Waals surface area contributed by atoms with Gasteiger partial charge >= 0.3 is 0 Å². The molecule has 1 aliphatic carbocycles. The molecule has 0 unspecified atom stereocenters. The fourth-order valence-electron chi connectivity index (χ4n) is 2.66. The van der Waals surface area contributed by atoms with Gasteiger partial charge in [0, 0.05) is 17.2 Å².